The summed E-state index contributed by atoms with van der Waals surface area (Å²) in [6, 6.07) is 5.75. The molecular weight excluding hydrogens is 475 g/mol. The number of hydrogen-bond acceptors (Lipinski definition) is 5. The van der Waals surface area contributed by atoms with E-state index in [1.165, 1.54) is 5.01 Å². The number of unbranched alkanes of at least 4 members (excludes halogenated alkanes) is 1. The summed E-state index contributed by atoms with van der Waals surface area (Å²) >= 11 is 1.74. The highest BCUT2D eigenvalue weighted by molar-refractivity contribution is 14.0. The van der Waals surface area contributed by atoms with E-state index in [9.17, 15) is 0 Å². The zero-order valence-electron chi connectivity index (χ0n) is 16.4. The number of methoxy groups -OCH3 is 1. The number of aryl methyl sites for hydroxylation is 2. The Labute approximate surface area is 182 Å². The minimum Gasteiger partial charge on any atom is -0.493 e. The highest BCUT2D eigenvalue weighted by Crippen LogP contribution is 2.30. The highest BCUT2D eigenvalue weighted by atomic mass is 127. The lowest BCUT2D eigenvalue weighted by molar-refractivity contribution is 0.311. The number of ether oxygens (including phenoxy) is 2. The number of rotatable bonds is 9. The van der Waals surface area contributed by atoms with E-state index in [0.29, 0.717) is 12.4 Å². The molecule has 0 saturated heterocycles. The number of guanidine groups is 1. The molecule has 2 rings (SSSR count). The molecule has 27 heavy (non-hydrogen) atoms. The van der Waals surface area contributed by atoms with Crippen LogP contribution in [-0.2, 0) is 6.42 Å². The van der Waals surface area contributed by atoms with E-state index in [1.807, 2.05) is 32.0 Å². The molecule has 0 saturated carbocycles. The smallest absolute Gasteiger partial charge is 0.195 e. The molecule has 0 atom stereocenters. The molecule has 0 fully saturated rings. The van der Waals surface area contributed by atoms with Crippen molar-refractivity contribution in [2.24, 2.45) is 4.99 Å². The van der Waals surface area contributed by atoms with Gasteiger partial charge in [0.25, 0.3) is 0 Å². The maximum atomic E-state index is 5.54. The lowest BCUT2D eigenvalue weighted by Crippen LogP contribution is -2.31. The zero-order valence-corrected chi connectivity index (χ0v) is 19.5. The van der Waals surface area contributed by atoms with E-state index < -0.39 is 0 Å². The number of aliphatic imine (C=N–C) groups is 1. The van der Waals surface area contributed by atoms with Crippen LogP contribution in [0.15, 0.2) is 28.6 Å². The maximum Gasteiger partial charge on any atom is 0.195 e. The highest BCUT2D eigenvalue weighted by Gasteiger charge is 2.07. The van der Waals surface area contributed by atoms with Gasteiger partial charge in [-0.3, -0.25) is 4.99 Å². The first-order valence-corrected chi connectivity index (χ1v) is 9.73. The number of benzene rings is 1. The molecule has 0 aliphatic heterocycles. The predicted molar refractivity (Wildman–Crippen MR) is 124 cm³/mol. The summed E-state index contributed by atoms with van der Waals surface area (Å²) in [4.78, 5) is 8.76. The Balaban J connectivity index is 0.00000364. The first-order chi connectivity index (χ1) is 12.7. The molecule has 1 heterocycles. The van der Waals surface area contributed by atoms with Gasteiger partial charge in [0.1, 0.15) is 0 Å². The van der Waals surface area contributed by atoms with E-state index in [4.69, 9.17) is 9.47 Å². The number of aromatic nitrogens is 1. The third kappa shape index (κ3) is 7.92. The number of anilines is 1. The maximum absolute atomic E-state index is 5.54. The van der Waals surface area contributed by atoms with Crippen molar-refractivity contribution in [3.05, 3.63) is 34.3 Å². The Morgan fingerprint density at radius 2 is 2.07 bits per heavy atom. The molecular formula is C19H29IN4O2S. The molecule has 2 aromatic rings. The second-order valence-electron chi connectivity index (χ2n) is 5.76. The molecule has 150 valence electrons. The number of thiazole rings is 1. The van der Waals surface area contributed by atoms with Gasteiger partial charge in [-0.15, -0.1) is 35.3 Å². The summed E-state index contributed by atoms with van der Waals surface area (Å²) in [5, 5.41) is 9.93. The van der Waals surface area contributed by atoms with Crippen LogP contribution in [0.4, 0.5) is 5.69 Å². The second-order valence-corrected chi connectivity index (χ2v) is 6.71. The minimum absolute atomic E-state index is 0. The van der Waals surface area contributed by atoms with Gasteiger partial charge in [0, 0.05) is 36.4 Å². The summed E-state index contributed by atoms with van der Waals surface area (Å²) in [5.74, 6) is 2.17. The van der Waals surface area contributed by atoms with Crippen LogP contribution in [0.2, 0.25) is 0 Å². The number of hydrogen-bond donors (Lipinski definition) is 2. The molecule has 0 spiro atoms. The molecule has 0 aliphatic carbocycles. The first-order valence-electron chi connectivity index (χ1n) is 8.85. The topological polar surface area (TPSA) is 67.8 Å². The van der Waals surface area contributed by atoms with Crippen LogP contribution >= 0.6 is 35.3 Å². The van der Waals surface area contributed by atoms with Gasteiger partial charge in [-0.1, -0.05) is 0 Å². The van der Waals surface area contributed by atoms with Crippen LogP contribution in [0.1, 0.15) is 30.5 Å². The van der Waals surface area contributed by atoms with E-state index >= 15 is 0 Å². The van der Waals surface area contributed by atoms with Crippen LogP contribution in [0.25, 0.3) is 0 Å². The summed E-state index contributed by atoms with van der Waals surface area (Å²) < 4.78 is 10.9. The van der Waals surface area contributed by atoms with Gasteiger partial charge in [-0.25, -0.2) is 4.98 Å². The van der Waals surface area contributed by atoms with Gasteiger partial charge >= 0.3 is 0 Å². The largest absolute Gasteiger partial charge is 0.493 e. The Morgan fingerprint density at radius 3 is 2.70 bits per heavy atom. The van der Waals surface area contributed by atoms with Gasteiger partial charge in [0.05, 0.1) is 18.7 Å². The SMILES string of the molecule is CCOc1ccc(NC(=NC)NCCCCc2nc(C)cs2)cc1OC.I. The van der Waals surface area contributed by atoms with E-state index in [0.717, 1.165) is 48.9 Å². The molecule has 0 unspecified atom stereocenters. The average molecular weight is 504 g/mol. The third-order valence-electron chi connectivity index (χ3n) is 3.73. The first kappa shape index (κ1) is 23.5. The predicted octanol–water partition coefficient (Wildman–Crippen LogP) is 4.49. The van der Waals surface area contributed by atoms with E-state index in [1.54, 1.807) is 25.5 Å². The van der Waals surface area contributed by atoms with Crippen LogP contribution in [0, 0.1) is 6.92 Å². The summed E-state index contributed by atoms with van der Waals surface area (Å²) in [6.45, 7) is 5.45. The van der Waals surface area contributed by atoms with Gasteiger partial charge in [-0.2, -0.15) is 0 Å². The molecule has 0 aliphatic rings. The van der Waals surface area contributed by atoms with Gasteiger partial charge < -0.3 is 20.1 Å². The Morgan fingerprint density at radius 1 is 1.26 bits per heavy atom. The summed E-state index contributed by atoms with van der Waals surface area (Å²) in [5.41, 5.74) is 2.01. The summed E-state index contributed by atoms with van der Waals surface area (Å²) in [6.07, 6.45) is 3.20. The van der Waals surface area contributed by atoms with Crippen LogP contribution in [-0.4, -0.2) is 38.3 Å². The van der Waals surface area contributed by atoms with E-state index in [2.05, 4.69) is 26.0 Å². The third-order valence-corrected chi connectivity index (χ3v) is 4.75. The standard InChI is InChI=1S/C19H28N4O2S.HI/c1-5-25-16-10-9-15(12-17(16)24-4)23-19(20-3)21-11-7-6-8-18-22-14(2)13-26-18;/h9-10,12-13H,5-8,11H2,1-4H3,(H2,20,21,23);1H. The van der Waals surface area contributed by atoms with Crippen molar-refractivity contribution in [1.29, 1.82) is 0 Å². The Bertz CT molecular complexity index is 721. The molecule has 2 N–H and O–H groups in total. The molecule has 0 bridgehead atoms. The lowest BCUT2D eigenvalue weighted by Gasteiger charge is -2.14. The zero-order chi connectivity index (χ0) is 18.8. The molecule has 6 nitrogen and oxygen atoms in total. The number of halogens is 1. The average Bonchev–Trinajstić information content (AvgIpc) is 3.06. The Hall–Kier alpha value is -1.55. The molecule has 0 radical (unpaired) electrons. The van der Waals surface area contributed by atoms with Gasteiger partial charge in [0.15, 0.2) is 17.5 Å². The van der Waals surface area contributed by atoms with Gasteiger partial charge in [0.2, 0.25) is 0 Å². The van der Waals surface area contributed by atoms with Crippen molar-refractivity contribution in [3.63, 3.8) is 0 Å². The fourth-order valence-corrected chi connectivity index (χ4v) is 3.28. The van der Waals surface area contributed by atoms with Crippen LogP contribution < -0.4 is 20.1 Å². The van der Waals surface area contributed by atoms with Crippen molar-refractivity contribution in [1.82, 2.24) is 10.3 Å². The minimum atomic E-state index is 0. The molecule has 0 amide bonds. The second kappa shape index (κ2) is 12.8. The van der Waals surface area contributed by atoms with Gasteiger partial charge in [-0.05, 0) is 45.2 Å². The summed E-state index contributed by atoms with van der Waals surface area (Å²) in [7, 11) is 3.40. The fraction of sp³-hybridized carbons (Fsp3) is 0.474. The lowest BCUT2D eigenvalue weighted by atomic mass is 10.2. The van der Waals surface area contributed by atoms with Crippen molar-refractivity contribution in [3.8, 4) is 11.5 Å². The normalized spacial score (nSPS) is 10.9. The molecule has 1 aromatic carbocycles. The number of nitrogens with zero attached hydrogens (tertiary/aromatic N) is 2. The van der Waals surface area contributed by atoms with Crippen molar-refractivity contribution in [2.75, 3.05) is 32.6 Å². The fourth-order valence-electron chi connectivity index (χ4n) is 2.46. The van der Waals surface area contributed by atoms with Crippen molar-refractivity contribution < 1.29 is 9.47 Å². The van der Waals surface area contributed by atoms with E-state index in [-0.39, 0.29) is 24.0 Å². The number of nitrogens with one attached hydrogen (secondary N) is 2. The van der Waals surface area contributed by atoms with Crippen molar-refractivity contribution >= 4 is 47.0 Å². The quantitative estimate of drug-likeness (QED) is 0.228. The molecule has 1 aromatic heterocycles. The Kier molecular flexibility index (Phi) is 11.1. The van der Waals surface area contributed by atoms with Crippen LogP contribution in [0.5, 0.6) is 11.5 Å². The van der Waals surface area contributed by atoms with Crippen LogP contribution in [0.3, 0.4) is 0 Å². The molecule has 8 heteroatoms. The monoisotopic (exact) mass is 504 g/mol. The van der Waals surface area contributed by atoms with Crippen molar-refractivity contribution in [2.45, 2.75) is 33.1 Å².